The van der Waals surface area contributed by atoms with E-state index in [-0.39, 0.29) is 5.75 Å². The molecular formula is C4H4NO2. The smallest absolute Gasteiger partial charge is 0.152 e. The number of rotatable bonds is 0. The van der Waals surface area contributed by atoms with E-state index < -0.39 is 0 Å². The van der Waals surface area contributed by atoms with Crippen LogP contribution < -0.4 is 0 Å². The van der Waals surface area contributed by atoms with E-state index in [0.717, 1.165) is 0 Å². The molecule has 0 fully saturated rings. The summed E-state index contributed by atoms with van der Waals surface area (Å²) in [6.45, 7) is 0. The molecule has 3 nitrogen and oxygen atoms in total. The van der Waals surface area contributed by atoms with Crippen LogP contribution in [0.25, 0.3) is 0 Å². The second kappa shape index (κ2) is 1.18. The van der Waals surface area contributed by atoms with Gasteiger partial charge in [0.2, 0.25) is 0 Å². The van der Waals surface area contributed by atoms with Crippen LogP contribution in [0.1, 0.15) is 0 Å². The van der Waals surface area contributed by atoms with Crippen molar-refractivity contribution in [3.8, 4) is 5.75 Å². The highest BCUT2D eigenvalue weighted by molar-refractivity contribution is 5.11. The van der Waals surface area contributed by atoms with Gasteiger partial charge in [-0.25, -0.2) is 0 Å². The molecule has 0 aliphatic rings. The Hall–Kier alpha value is -1.12. The van der Waals surface area contributed by atoms with Crippen LogP contribution >= 0.6 is 0 Å². The largest absolute Gasteiger partial charge is 0.505 e. The van der Waals surface area contributed by atoms with Gasteiger partial charge >= 0.3 is 0 Å². The Bertz CT molecular complexity index is 142. The molecule has 0 saturated carbocycles. The molecule has 1 heterocycles. The van der Waals surface area contributed by atoms with Gasteiger partial charge in [-0.3, -0.25) is 0 Å². The molecule has 0 unspecified atom stereocenters. The summed E-state index contributed by atoms with van der Waals surface area (Å²) in [5.74, 6) is -0.0532. The fraction of sp³-hybridized carbons (Fsp3) is 0. The Morgan fingerprint density at radius 1 is 1.71 bits per heavy atom. The summed E-state index contributed by atoms with van der Waals surface area (Å²) in [7, 11) is 0. The van der Waals surface area contributed by atoms with E-state index in [9.17, 15) is 0 Å². The summed E-state index contributed by atoms with van der Waals surface area (Å²) in [6, 6.07) is 1.33. The number of aromatic hydroxyl groups is 1. The second-order valence-corrected chi connectivity index (χ2v) is 1.16. The van der Waals surface area contributed by atoms with Gasteiger partial charge in [-0.2, -0.15) is 4.73 Å². The van der Waals surface area contributed by atoms with Gasteiger partial charge in [0.15, 0.2) is 6.20 Å². The zero-order chi connectivity index (χ0) is 5.28. The molecule has 37 valence electrons. The highest BCUT2D eigenvalue weighted by atomic mass is 16.5. The SMILES string of the molecule is Oc1[c]n(O)cc1. The van der Waals surface area contributed by atoms with Crippen molar-refractivity contribution < 1.29 is 10.3 Å². The lowest BCUT2D eigenvalue weighted by Crippen LogP contribution is -1.79. The van der Waals surface area contributed by atoms with Crippen molar-refractivity contribution >= 4 is 0 Å². The van der Waals surface area contributed by atoms with E-state index in [2.05, 4.69) is 6.20 Å². The maximum Gasteiger partial charge on any atom is 0.152 e. The van der Waals surface area contributed by atoms with Crippen molar-refractivity contribution in [2.24, 2.45) is 0 Å². The fourth-order valence-corrected chi connectivity index (χ4v) is 0.333. The molecule has 0 saturated heterocycles. The first-order chi connectivity index (χ1) is 3.29. The normalized spacial score (nSPS) is 9.14. The average Bonchev–Trinajstić information content (AvgIpc) is 1.87. The predicted octanol–water partition coefficient (Wildman–Crippen LogP) is 0.231. The summed E-state index contributed by atoms with van der Waals surface area (Å²) < 4.78 is 0.662. The first-order valence-electron chi connectivity index (χ1n) is 1.78. The molecule has 0 aromatic carbocycles. The number of aromatic nitrogens is 1. The molecule has 0 bridgehead atoms. The van der Waals surface area contributed by atoms with E-state index >= 15 is 0 Å². The summed E-state index contributed by atoms with van der Waals surface area (Å²) in [6.07, 6.45) is 3.45. The quantitative estimate of drug-likeness (QED) is 0.456. The third-order valence-electron chi connectivity index (χ3n) is 0.603. The number of nitrogens with zero attached hydrogens (tertiary/aromatic N) is 1. The van der Waals surface area contributed by atoms with Gasteiger partial charge in [-0.1, -0.05) is 0 Å². The molecule has 2 N–H and O–H groups in total. The van der Waals surface area contributed by atoms with E-state index in [1.807, 2.05) is 0 Å². The van der Waals surface area contributed by atoms with E-state index in [4.69, 9.17) is 10.3 Å². The summed E-state index contributed by atoms with van der Waals surface area (Å²) in [5, 5.41) is 16.8. The minimum absolute atomic E-state index is 0.0532. The van der Waals surface area contributed by atoms with Crippen molar-refractivity contribution in [3.05, 3.63) is 18.5 Å². The Labute approximate surface area is 40.4 Å². The lowest BCUT2D eigenvalue weighted by molar-refractivity contribution is 0.183. The van der Waals surface area contributed by atoms with E-state index in [1.165, 1.54) is 12.3 Å². The van der Waals surface area contributed by atoms with Crippen molar-refractivity contribution in [2.45, 2.75) is 0 Å². The number of hydrogen-bond donors (Lipinski definition) is 2. The zero-order valence-corrected chi connectivity index (χ0v) is 3.50. The van der Waals surface area contributed by atoms with Crippen LogP contribution in [-0.2, 0) is 0 Å². The second-order valence-electron chi connectivity index (χ2n) is 1.16. The standard InChI is InChI=1S/C4H4NO2/c6-4-1-2-5(7)3-4/h1-2,6-7H. The maximum absolute atomic E-state index is 8.42. The first-order valence-corrected chi connectivity index (χ1v) is 1.78. The highest BCUT2D eigenvalue weighted by Crippen LogP contribution is 2.02. The van der Waals surface area contributed by atoms with Gasteiger partial charge in [0.1, 0.15) is 5.75 Å². The topological polar surface area (TPSA) is 45.4 Å². The molecule has 0 amide bonds. The molecule has 1 rings (SSSR count). The molecule has 0 atom stereocenters. The third kappa shape index (κ3) is 0.652. The van der Waals surface area contributed by atoms with Gasteiger partial charge in [0, 0.05) is 12.3 Å². The summed E-state index contributed by atoms with van der Waals surface area (Å²) in [4.78, 5) is 0. The molecule has 1 aromatic rings. The molecule has 0 aliphatic heterocycles. The Kier molecular flexibility index (Phi) is 0.685. The summed E-state index contributed by atoms with van der Waals surface area (Å²) >= 11 is 0. The van der Waals surface area contributed by atoms with Gasteiger partial charge in [0.05, 0.1) is 0 Å². The molecule has 0 aliphatic carbocycles. The monoisotopic (exact) mass is 98.0 g/mol. The Morgan fingerprint density at radius 3 is 2.57 bits per heavy atom. The zero-order valence-electron chi connectivity index (χ0n) is 3.50. The Balaban J connectivity index is 3.04. The van der Waals surface area contributed by atoms with Crippen molar-refractivity contribution in [1.29, 1.82) is 0 Å². The van der Waals surface area contributed by atoms with Crippen molar-refractivity contribution in [3.63, 3.8) is 0 Å². The highest BCUT2D eigenvalue weighted by Gasteiger charge is 1.86. The summed E-state index contributed by atoms with van der Waals surface area (Å²) in [5.41, 5.74) is 0. The van der Waals surface area contributed by atoms with Gasteiger partial charge in [-0.05, 0) is 0 Å². The lowest BCUT2D eigenvalue weighted by atomic mass is 10.6. The van der Waals surface area contributed by atoms with Gasteiger partial charge in [0.25, 0.3) is 0 Å². The third-order valence-corrected chi connectivity index (χ3v) is 0.603. The van der Waals surface area contributed by atoms with Crippen LogP contribution in [0.5, 0.6) is 5.75 Å². The molecular weight excluding hydrogens is 94.0 g/mol. The molecule has 1 radical (unpaired) electrons. The maximum atomic E-state index is 8.42. The number of hydrogen-bond acceptors (Lipinski definition) is 2. The molecule has 1 aromatic heterocycles. The first kappa shape index (κ1) is 4.05. The lowest BCUT2D eigenvalue weighted by Gasteiger charge is -1.78. The van der Waals surface area contributed by atoms with Gasteiger partial charge < -0.3 is 10.3 Å². The van der Waals surface area contributed by atoms with Crippen LogP contribution in [0, 0.1) is 6.20 Å². The van der Waals surface area contributed by atoms with Crippen LogP contribution in [0.3, 0.4) is 0 Å². The molecule has 3 heteroatoms. The predicted molar refractivity (Wildman–Crippen MR) is 22.1 cm³/mol. The minimum Gasteiger partial charge on any atom is -0.505 e. The minimum atomic E-state index is -0.0532. The van der Waals surface area contributed by atoms with Crippen molar-refractivity contribution in [1.82, 2.24) is 4.73 Å². The molecule has 0 spiro atoms. The van der Waals surface area contributed by atoms with Crippen LogP contribution in [-0.4, -0.2) is 15.0 Å². The van der Waals surface area contributed by atoms with Crippen LogP contribution in [0.15, 0.2) is 12.3 Å². The van der Waals surface area contributed by atoms with Gasteiger partial charge in [-0.15, -0.1) is 0 Å². The average molecular weight is 98.1 g/mol. The van der Waals surface area contributed by atoms with E-state index in [0.29, 0.717) is 4.73 Å². The van der Waals surface area contributed by atoms with Crippen molar-refractivity contribution in [2.75, 3.05) is 0 Å². The molecule has 7 heavy (non-hydrogen) atoms. The van der Waals surface area contributed by atoms with Crippen LogP contribution in [0.4, 0.5) is 0 Å². The fourth-order valence-electron chi connectivity index (χ4n) is 0.333. The van der Waals surface area contributed by atoms with E-state index in [1.54, 1.807) is 0 Å². The Morgan fingerprint density at radius 2 is 2.43 bits per heavy atom. The van der Waals surface area contributed by atoms with Crippen LogP contribution in [0.2, 0.25) is 0 Å².